The molecule has 96 valence electrons. The van der Waals surface area contributed by atoms with Crippen LogP contribution in [0.15, 0.2) is 18.3 Å². The molecule has 0 saturated carbocycles. The van der Waals surface area contributed by atoms with Crippen molar-refractivity contribution in [3.8, 4) is 5.75 Å². The molecule has 1 rings (SSSR count). The van der Waals surface area contributed by atoms with E-state index < -0.39 is 24.6 Å². The minimum absolute atomic E-state index is 0.0648. The van der Waals surface area contributed by atoms with E-state index in [1.54, 1.807) is 0 Å². The SMILES string of the molecule is COC(=O)NC(=O)COc1cccnc1C(=O)O. The fourth-order valence-electron chi connectivity index (χ4n) is 1.01. The van der Waals surface area contributed by atoms with Crippen LogP contribution in [0, 0.1) is 0 Å². The summed E-state index contributed by atoms with van der Waals surface area (Å²) >= 11 is 0. The number of carboxylic acid groups (broad SMARTS) is 1. The van der Waals surface area contributed by atoms with Crippen molar-refractivity contribution in [1.82, 2.24) is 10.3 Å². The van der Waals surface area contributed by atoms with Crippen LogP contribution in [-0.4, -0.2) is 41.8 Å². The molecule has 18 heavy (non-hydrogen) atoms. The Morgan fingerprint density at radius 3 is 2.78 bits per heavy atom. The van der Waals surface area contributed by atoms with Crippen LogP contribution in [-0.2, 0) is 9.53 Å². The second-order valence-corrected chi connectivity index (χ2v) is 2.98. The quantitative estimate of drug-likeness (QED) is 0.779. The van der Waals surface area contributed by atoms with Gasteiger partial charge in [-0.3, -0.25) is 10.1 Å². The number of pyridine rings is 1. The number of amides is 2. The largest absolute Gasteiger partial charge is 0.481 e. The van der Waals surface area contributed by atoms with Crippen LogP contribution < -0.4 is 10.1 Å². The Hall–Kier alpha value is -2.64. The van der Waals surface area contributed by atoms with Crippen molar-refractivity contribution in [1.29, 1.82) is 0 Å². The van der Waals surface area contributed by atoms with Crippen LogP contribution in [0.2, 0.25) is 0 Å². The lowest BCUT2D eigenvalue weighted by molar-refractivity contribution is -0.122. The number of imide groups is 1. The smallest absolute Gasteiger partial charge is 0.413 e. The standard InChI is InChI=1S/C10H10N2O6/c1-17-10(16)12-7(13)5-18-6-3-2-4-11-8(6)9(14)15/h2-4H,5H2,1H3,(H,14,15)(H,12,13,16). The number of aromatic nitrogens is 1. The summed E-state index contributed by atoms with van der Waals surface area (Å²) in [6.07, 6.45) is 0.360. The van der Waals surface area contributed by atoms with Crippen LogP contribution in [0.25, 0.3) is 0 Å². The number of nitrogens with zero attached hydrogens (tertiary/aromatic N) is 1. The second-order valence-electron chi connectivity index (χ2n) is 2.98. The first kappa shape index (κ1) is 13.4. The molecule has 0 atom stereocenters. The van der Waals surface area contributed by atoms with Gasteiger partial charge in [0.25, 0.3) is 5.91 Å². The average molecular weight is 254 g/mol. The summed E-state index contributed by atoms with van der Waals surface area (Å²) in [5.74, 6) is -2.11. The van der Waals surface area contributed by atoms with E-state index in [1.807, 2.05) is 5.32 Å². The minimum atomic E-state index is -1.28. The maximum atomic E-state index is 11.2. The highest BCUT2D eigenvalue weighted by Crippen LogP contribution is 2.14. The van der Waals surface area contributed by atoms with Crippen LogP contribution in [0.1, 0.15) is 10.5 Å². The van der Waals surface area contributed by atoms with Gasteiger partial charge in [-0.2, -0.15) is 0 Å². The molecule has 0 aromatic carbocycles. The average Bonchev–Trinajstić information content (AvgIpc) is 2.36. The Morgan fingerprint density at radius 2 is 2.17 bits per heavy atom. The van der Waals surface area contributed by atoms with Crippen molar-refractivity contribution in [2.45, 2.75) is 0 Å². The predicted octanol–water partition coefficient (Wildman–Crippen LogP) is 0.0412. The molecule has 0 aliphatic heterocycles. The number of hydrogen-bond acceptors (Lipinski definition) is 6. The molecule has 1 heterocycles. The maximum Gasteiger partial charge on any atom is 0.413 e. The van der Waals surface area contributed by atoms with E-state index in [4.69, 9.17) is 9.84 Å². The minimum Gasteiger partial charge on any atom is -0.481 e. The van der Waals surface area contributed by atoms with Crippen LogP contribution >= 0.6 is 0 Å². The third-order valence-corrected chi connectivity index (χ3v) is 1.76. The molecule has 1 aromatic rings. The summed E-state index contributed by atoms with van der Waals surface area (Å²) < 4.78 is 9.14. The van der Waals surface area contributed by atoms with Crippen molar-refractivity contribution >= 4 is 18.0 Å². The summed E-state index contributed by atoms with van der Waals surface area (Å²) in [5, 5.41) is 10.7. The Labute approximate surface area is 102 Å². The van der Waals surface area contributed by atoms with Crippen LogP contribution in [0.5, 0.6) is 5.75 Å². The molecule has 0 aliphatic carbocycles. The third kappa shape index (κ3) is 3.74. The molecular formula is C10H10N2O6. The van der Waals surface area contributed by atoms with Crippen LogP contribution in [0.4, 0.5) is 4.79 Å². The van der Waals surface area contributed by atoms with E-state index in [0.29, 0.717) is 0 Å². The zero-order chi connectivity index (χ0) is 13.5. The number of carbonyl (C=O) groups is 3. The van der Waals surface area contributed by atoms with Gasteiger partial charge < -0.3 is 14.6 Å². The molecule has 8 nitrogen and oxygen atoms in total. The van der Waals surface area contributed by atoms with Crippen molar-refractivity contribution in [2.75, 3.05) is 13.7 Å². The lowest BCUT2D eigenvalue weighted by Crippen LogP contribution is -2.34. The number of carbonyl (C=O) groups excluding carboxylic acids is 2. The van der Waals surface area contributed by atoms with Gasteiger partial charge in [-0.05, 0) is 12.1 Å². The van der Waals surface area contributed by atoms with Gasteiger partial charge in [0, 0.05) is 6.20 Å². The van der Waals surface area contributed by atoms with Gasteiger partial charge in [0.05, 0.1) is 7.11 Å². The highest BCUT2D eigenvalue weighted by Gasteiger charge is 2.14. The molecule has 0 fully saturated rings. The molecule has 2 N–H and O–H groups in total. The molecule has 1 aromatic heterocycles. The van der Waals surface area contributed by atoms with E-state index in [0.717, 1.165) is 7.11 Å². The number of aromatic carboxylic acids is 1. The maximum absolute atomic E-state index is 11.2. The number of alkyl carbamates (subject to hydrolysis) is 1. The predicted molar refractivity (Wildman–Crippen MR) is 57.2 cm³/mol. The zero-order valence-corrected chi connectivity index (χ0v) is 9.37. The zero-order valence-electron chi connectivity index (χ0n) is 9.37. The van der Waals surface area contributed by atoms with E-state index >= 15 is 0 Å². The first-order valence-electron chi connectivity index (χ1n) is 4.73. The lowest BCUT2D eigenvalue weighted by Gasteiger charge is -2.07. The Morgan fingerprint density at radius 1 is 1.44 bits per heavy atom. The molecule has 0 aliphatic rings. The van der Waals surface area contributed by atoms with Crippen molar-refractivity contribution in [3.05, 3.63) is 24.0 Å². The van der Waals surface area contributed by atoms with Gasteiger partial charge in [-0.15, -0.1) is 0 Å². The van der Waals surface area contributed by atoms with Crippen LogP contribution in [0.3, 0.4) is 0 Å². The van der Waals surface area contributed by atoms with Crippen molar-refractivity contribution in [2.24, 2.45) is 0 Å². The fraction of sp³-hybridized carbons (Fsp3) is 0.200. The molecule has 8 heteroatoms. The molecular weight excluding hydrogens is 244 g/mol. The van der Waals surface area contributed by atoms with E-state index in [9.17, 15) is 14.4 Å². The lowest BCUT2D eigenvalue weighted by atomic mass is 10.3. The molecule has 0 spiro atoms. The van der Waals surface area contributed by atoms with E-state index in [2.05, 4.69) is 9.72 Å². The normalized spacial score (nSPS) is 9.39. The Bertz CT molecular complexity index is 473. The number of rotatable bonds is 4. The second kappa shape index (κ2) is 6.18. The highest BCUT2D eigenvalue weighted by atomic mass is 16.5. The van der Waals surface area contributed by atoms with Gasteiger partial charge in [-0.25, -0.2) is 14.6 Å². The number of nitrogens with one attached hydrogen (secondary N) is 1. The van der Waals surface area contributed by atoms with Crippen molar-refractivity contribution < 1.29 is 29.0 Å². The Kier molecular flexibility index (Phi) is 4.61. The van der Waals surface area contributed by atoms with E-state index in [-0.39, 0.29) is 11.4 Å². The number of ether oxygens (including phenoxy) is 2. The number of hydrogen-bond donors (Lipinski definition) is 2. The topological polar surface area (TPSA) is 115 Å². The van der Waals surface area contributed by atoms with Gasteiger partial charge in [0.2, 0.25) is 0 Å². The number of methoxy groups -OCH3 is 1. The van der Waals surface area contributed by atoms with Gasteiger partial charge in [0.15, 0.2) is 18.1 Å². The summed E-state index contributed by atoms with van der Waals surface area (Å²) in [6.45, 7) is -0.527. The van der Waals surface area contributed by atoms with E-state index in [1.165, 1.54) is 18.3 Å². The van der Waals surface area contributed by atoms with Gasteiger partial charge >= 0.3 is 12.1 Å². The van der Waals surface area contributed by atoms with Gasteiger partial charge in [-0.1, -0.05) is 0 Å². The first-order chi connectivity index (χ1) is 8.54. The summed E-state index contributed by atoms with van der Waals surface area (Å²) in [6, 6.07) is 2.81. The highest BCUT2D eigenvalue weighted by molar-refractivity contribution is 5.93. The van der Waals surface area contributed by atoms with Crippen molar-refractivity contribution in [3.63, 3.8) is 0 Å². The summed E-state index contributed by atoms with van der Waals surface area (Å²) in [7, 11) is 1.10. The monoisotopic (exact) mass is 254 g/mol. The molecule has 2 amide bonds. The molecule has 0 radical (unpaired) electrons. The third-order valence-electron chi connectivity index (χ3n) is 1.76. The fourth-order valence-corrected chi connectivity index (χ4v) is 1.01. The molecule has 0 saturated heterocycles. The Balaban J connectivity index is 2.61. The summed E-state index contributed by atoms with van der Waals surface area (Å²) in [4.78, 5) is 36.2. The first-order valence-corrected chi connectivity index (χ1v) is 4.73. The molecule has 0 unspecified atom stereocenters. The number of carboxylic acids is 1. The summed E-state index contributed by atoms with van der Waals surface area (Å²) in [5.41, 5.74) is -0.316. The molecule has 0 bridgehead atoms. The van der Waals surface area contributed by atoms with Gasteiger partial charge in [0.1, 0.15) is 0 Å².